The molecule has 8 heteroatoms. The molecule has 0 saturated carbocycles. The number of aliphatic hydroxyl groups excluding tert-OH is 1. The van der Waals surface area contributed by atoms with E-state index in [4.69, 9.17) is 0 Å². The quantitative estimate of drug-likeness (QED) is 0.654. The summed E-state index contributed by atoms with van der Waals surface area (Å²) in [5.74, 6) is -1.26. The Hall–Kier alpha value is -3.36. The molecule has 32 heavy (non-hydrogen) atoms. The SMILES string of the molecule is O=C(Nc1cc(F)ccc1F)N1C[C@H]2[C@@H](c3ccccc31)[C@H](CO)N2Cc1cccnc1. The van der Waals surface area contributed by atoms with Crippen LogP contribution in [0.3, 0.4) is 0 Å². The molecule has 2 N–H and O–H groups in total. The molecule has 164 valence electrons. The van der Waals surface area contributed by atoms with Crippen LogP contribution in [0.4, 0.5) is 25.0 Å². The van der Waals surface area contributed by atoms with Gasteiger partial charge in [-0.15, -0.1) is 0 Å². The molecule has 2 aromatic carbocycles. The average molecular weight is 436 g/mol. The number of anilines is 2. The molecule has 0 spiro atoms. The Bertz CT molecular complexity index is 1140. The Morgan fingerprint density at radius 1 is 1.16 bits per heavy atom. The van der Waals surface area contributed by atoms with Gasteiger partial charge in [-0.25, -0.2) is 13.6 Å². The Morgan fingerprint density at radius 2 is 2.00 bits per heavy atom. The Kier molecular flexibility index (Phi) is 5.32. The Morgan fingerprint density at radius 3 is 2.78 bits per heavy atom. The van der Waals surface area contributed by atoms with Crippen molar-refractivity contribution < 1.29 is 18.7 Å². The van der Waals surface area contributed by atoms with Gasteiger partial charge < -0.3 is 10.4 Å². The molecule has 5 rings (SSSR count). The van der Waals surface area contributed by atoms with E-state index in [9.17, 15) is 18.7 Å². The molecule has 2 aliphatic heterocycles. The summed E-state index contributed by atoms with van der Waals surface area (Å²) in [6.45, 7) is 0.952. The second kappa shape index (κ2) is 8.29. The van der Waals surface area contributed by atoms with Gasteiger partial charge in [-0.05, 0) is 35.4 Å². The summed E-state index contributed by atoms with van der Waals surface area (Å²) < 4.78 is 27.7. The minimum absolute atomic E-state index is 0.00351. The number of likely N-dealkylation sites (tertiary alicyclic amines) is 1. The first-order valence-corrected chi connectivity index (χ1v) is 10.4. The van der Waals surface area contributed by atoms with Crippen LogP contribution < -0.4 is 10.2 Å². The molecular formula is C24H22F2N4O2. The molecule has 2 amide bonds. The second-order valence-corrected chi connectivity index (χ2v) is 8.10. The van der Waals surface area contributed by atoms with Crippen LogP contribution in [-0.2, 0) is 6.54 Å². The van der Waals surface area contributed by atoms with Crippen molar-refractivity contribution in [3.8, 4) is 0 Å². The number of amides is 2. The van der Waals surface area contributed by atoms with Crippen LogP contribution in [0, 0.1) is 11.6 Å². The van der Waals surface area contributed by atoms with Crippen LogP contribution in [-0.4, -0.2) is 46.3 Å². The van der Waals surface area contributed by atoms with Crippen molar-refractivity contribution in [3.63, 3.8) is 0 Å². The number of hydrogen-bond donors (Lipinski definition) is 2. The van der Waals surface area contributed by atoms with Crippen LogP contribution in [0.1, 0.15) is 17.0 Å². The van der Waals surface area contributed by atoms with E-state index in [0.717, 1.165) is 29.3 Å². The number of halogens is 2. The van der Waals surface area contributed by atoms with Gasteiger partial charge in [0.2, 0.25) is 0 Å². The summed E-state index contributed by atoms with van der Waals surface area (Å²) in [7, 11) is 0. The number of hydrogen-bond acceptors (Lipinski definition) is 4. The number of carbonyl (C=O) groups excluding carboxylic acids is 1. The van der Waals surface area contributed by atoms with Crippen molar-refractivity contribution in [2.45, 2.75) is 24.5 Å². The molecule has 2 aliphatic rings. The molecule has 0 radical (unpaired) electrons. The molecule has 6 nitrogen and oxygen atoms in total. The maximum Gasteiger partial charge on any atom is 0.326 e. The van der Waals surface area contributed by atoms with Crippen molar-refractivity contribution in [1.29, 1.82) is 0 Å². The largest absolute Gasteiger partial charge is 0.395 e. The number of urea groups is 1. The lowest BCUT2D eigenvalue weighted by Gasteiger charge is -2.59. The zero-order valence-corrected chi connectivity index (χ0v) is 17.2. The summed E-state index contributed by atoms with van der Waals surface area (Å²) >= 11 is 0. The van der Waals surface area contributed by atoms with Crippen molar-refractivity contribution in [2.75, 3.05) is 23.4 Å². The summed E-state index contributed by atoms with van der Waals surface area (Å²) in [6.07, 6.45) is 3.50. The number of para-hydroxylation sites is 1. The maximum absolute atomic E-state index is 14.1. The number of aromatic nitrogens is 1. The number of rotatable bonds is 4. The van der Waals surface area contributed by atoms with Crippen molar-refractivity contribution in [1.82, 2.24) is 9.88 Å². The Labute approximate surface area is 184 Å². The van der Waals surface area contributed by atoms with Crippen molar-refractivity contribution in [2.24, 2.45) is 0 Å². The molecule has 3 atom stereocenters. The number of carbonyl (C=O) groups is 1. The van der Waals surface area contributed by atoms with Gasteiger partial charge in [-0.3, -0.25) is 14.8 Å². The first-order valence-electron chi connectivity index (χ1n) is 10.4. The minimum Gasteiger partial charge on any atom is -0.395 e. The topological polar surface area (TPSA) is 68.7 Å². The molecule has 1 fully saturated rings. The predicted molar refractivity (Wildman–Crippen MR) is 116 cm³/mol. The highest BCUT2D eigenvalue weighted by Crippen LogP contribution is 2.48. The second-order valence-electron chi connectivity index (χ2n) is 8.10. The van der Waals surface area contributed by atoms with Crippen LogP contribution in [0.25, 0.3) is 0 Å². The van der Waals surface area contributed by atoms with Crippen LogP contribution in [0.15, 0.2) is 67.0 Å². The van der Waals surface area contributed by atoms with E-state index in [2.05, 4.69) is 15.2 Å². The summed E-state index contributed by atoms with van der Waals surface area (Å²) in [5, 5.41) is 12.6. The third-order valence-corrected chi connectivity index (χ3v) is 6.33. The molecule has 0 bridgehead atoms. The molecular weight excluding hydrogens is 414 g/mol. The van der Waals surface area contributed by atoms with Gasteiger partial charge in [-0.1, -0.05) is 24.3 Å². The van der Waals surface area contributed by atoms with Gasteiger partial charge in [0, 0.05) is 55.2 Å². The van der Waals surface area contributed by atoms with E-state index in [1.807, 2.05) is 36.4 Å². The van der Waals surface area contributed by atoms with E-state index in [1.54, 1.807) is 17.3 Å². The number of nitrogens with one attached hydrogen (secondary N) is 1. The van der Waals surface area contributed by atoms with E-state index < -0.39 is 17.7 Å². The Balaban J connectivity index is 1.45. The maximum atomic E-state index is 14.1. The van der Waals surface area contributed by atoms with Crippen LogP contribution in [0.5, 0.6) is 0 Å². The highest BCUT2D eigenvalue weighted by Gasteiger charge is 2.53. The fraction of sp³-hybridized carbons (Fsp3) is 0.250. The zero-order valence-electron chi connectivity index (χ0n) is 17.2. The van der Waals surface area contributed by atoms with Crippen LogP contribution >= 0.6 is 0 Å². The first kappa shape index (κ1) is 20.5. The lowest BCUT2D eigenvalue weighted by molar-refractivity contribution is -0.0484. The summed E-state index contributed by atoms with van der Waals surface area (Å²) in [4.78, 5) is 21.0. The van der Waals surface area contributed by atoms with Gasteiger partial charge in [0.1, 0.15) is 11.6 Å². The highest BCUT2D eigenvalue weighted by atomic mass is 19.1. The first-order chi connectivity index (χ1) is 15.6. The van der Waals surface area contributed by atoms with Crippen molar-refractivity contribution in [3.05, 3.63) is 89.8 Å². The summed E-state index contributed by atoms with van der Waals surface area (Å²) in [5.41, 5.74) is 2.48. The monoisotopic (exact) mass is 436 g/mol. The number of pyridine rings is 1. The third kappa shape index (κ3) is 3.51. The van der Waals surface area contributed by atoms with E-state index in [-0.39, 0.29) is 30.3 Å². The molecule has 0 unspecified atom stereocenters. The fourth-order valence-corrected chi connectivity index (χ4v) is 4.87. The number of fused-ring (bicyclic) bond motifs is 3. The number of nitrogens with zero attached hydrogens (tertiary/aromatic N) is 3. The molecule has 3 aromatic rings. The predicted octanol–water partition coefficient (Wildman–Crippen LogP) is 3.74. The van der Waals surface area contributed by atoms with Gasteiger partial charge in [0.15, 0.2) is 0 Å². The summed E-state index contributed by atoms with van der Waals surface area (Å²) in [6, 6.07) is 13.7. The minimum atomic E-state index is -0.704. The molecule has 1 saturated heterocycles. The third-order valence-electron chi connectivity index (χ3n) is 6.33. The number of aliphatic hydroxyl groups is 1. The molecule has 3 heterocycles. The van der Waals surface area contributed by atoms with Gasteiger partial charge in [-0.2, -0.15) is 0 Å². The molecule has 0 aliphatic carbocycles. The van der Waals surface area contributed by atoms with Crippen LogP contribution in [0.2, 0.25) is 0 Å². The van der Waals surface area contributed by atoms with Gasteiger partial charge in [0.25, 0.3) is 0 Å². The van der Waals surface area contributed by atoms with E-state index >= 15 is 0 Å². The lowest BCUT2D eigenvalue weighted by atomic mass is 9.72. The van der Waals surface area contributed by atoms with E-state index in [1.165, 1.54) is 0 Å². The molecule has 1 aromatic heterocycles. The van der Waals surface area contributed by atoms with E-state index in [0.29, 0.717) is 18.8 Å². The number of benzene rings is 2. The zero-order chi connectivity index (χ0) is 22.2. The standard InChI is InChI=1S/C24H22F2N4O2/c25-16-7-8-18(26)19(10-16)28-24(32)30-13-21-23(17-5-1-2-6-20(17)30)22(14-31)29(21)12-15-4-3-9-27-11-15/h1-11,21-23,31H,12-14H2,(H,28,32)/t21-,22-,23+/m0/s1. The van der Waals surface area contributed by atoms with Gasteiger partial charge in [0.05, 0.1) is 12.3 Å². The smallest absolute Gasteiger partial charge is 0.326 e. The normalized spacial score (nSPS) is 22.0. The lowest BCUT2D eigenvalue weighted by Crippen LogP contribution is -2.69. The average Bonchev–Trinajstić information content (AvgIpc) is 2.80. The highest BCUT2D eigenvalue weighted by molar-refractivity contribution is 6.03. The van der Waals surface area contributed by atoms with Gasteiger partial charge >= 0.3 is 6.03 Å². The van der Waals surface area contributed by atoms with Crippen molar-refractivity contribution >= 4 is 17.4 Å². The fourth-order valence-electron chi connectivity index (χ4n) is 4.87.